The lowest BCUT2D eigenvalue weighted by molar-refractivity contribution is 0.110. The van der Waals surface area contributed by atoms with Gasteiger partial charge in [-0.2, -0.15) is 0 Å². The fraction of sp³-hybridized carbons (Fsp3) is 1.00. The molecule has 2 fully saturated rings. The third kappa shape index (κ3) is 4.55. The van der Waals surface area contributed by atoms with Gasteiger partial charge in [-0.15, -0.1) is 0 Å². The lowest BCUT2D eigenvalue weighted by Crippen LogP contribution is -2.45. The Morgan fingerprint density at radius 1 is 1.17 bits per heavy atom. The minimum atomic E-state index is 0.574. The van der Waals surface area contributed by atoms with Crippen molar-refractivity contribution in [2.45, 2.75) is 64.8 Å². The summed E-state index contributed by atoms with van der Waals surface area (Å²) < 4.78 is 0. The highest BCUT2D eigenvalue weighted by Gasteiger charge is 2.34. The molecule has 0 aromatic carbocycles. The van der Waals surface area contributed by atoms with E-state index in [9.17, 15) is 0 Å². The highest BCUT2D eigenvalue weighted by molar-refractivity contribution is 4.91. The molecule has 2 aliphatic rings. The van der Waals surface area contributed by atoms with E-state index in [-0.39, 0.29) is 0 Å². The maximum absolute atomic E-state index is 3.80. The predicted molar refractivity (Wildman–Crippen MR) is 78.9 cm³/mol. The Labute approximate surface area is 114 Å². The molecule has 18 heavy (non-hydrogen) atoms. The molecule has 0 bridgehead atoms. The van der Waals surface area contributed by atoms with E-state index in [1.165, 1.54) is 64.6 Å². The molecule has 0 heterocycles. The molecule has 0 atom stereocenters. The average molecular weight is 252 g/mol. The van der Waals surface area contributed by atoms with Crippen molar-refractivity contribution in [3.05, 3.63) is 0 Å². The monoisotopic (exact) mass is 252 g/mol. The molecule has 2 saturated carbocycles. The summed E-state index contributed by atoms with van der Waals surface area (Å²) in [4.78, 5) is 2.57. The predicted octanol–water partition coefficient (Wildman–Crippen LogP) is 3.28. The smallest absolute Gasteiger partial charge is 0.00684 e. The van der Waals surface area contributed by atoms with Crippen molar-refractivity contribution in [3.63, 3.8) is 0 Å². The molecular formula is C16H32N2. The van der Waals surface area contributed by atoms with Crippen LogP contribution in [0.15, 0.2) is 0 Å². The molecule has 0 saturated heterocycles. The molecule has 0 radical (unpaired) electrons. The van der Waals surface area contributed by atoms with E-state index < -0.39 is 0 Å². The number of hydrogen-bond acceptors (Lipinski definition) is 2. The first-order chi connectivity index (χ1) is 8.60. The molecule has 2 aliphatic carbocycles. The van der Waals surface area contributed by atoms with Crippen molar-refractivity contribution in [2.24, 2.45) is 11.3 Å². The molecule has 0 aromatic heterocycles. The highest BCUT2D eigenvalue weighted by atomic mass is 15.1. The van der Waals surface area contributed by atoms with Gasteiger partial charge in [-0.1, -0.05) is 33.1 Å². The minimum absolute atomic E-state index is 0.574. The Kier molecular flexibility index (Phi) is 5.08. The molecular weight excluding hydrogens is 220 g/mol. The van der Waals surface area contributed by atoms with Crippen LogP contribution >= 0.6 is 0 Å². The lowest BCUT2D eigenvalue weighted by atomic mass is 9.73. The quantitative estimate of drug-likeness (QED) is 0.748. The van der Waals surface area contributed by atoms with Crippen molar-refractivity contribution in [1.82, 2.24) is 10.2 Å². The Bertz CT molecular complexity index is 239. The first-order valence-electron chi connectivity index (χ1n) is 8.02. The van der Waals surface area contributed by atoms with Gasteiger partial charge in [-0.05, 0) is 44.1 Å². The van der Waals surface area contributed by atoms with Crippen LogP contribution in [0.3, 0.4) is 0 Å². The van der Waals surface area contributed by atoms with E-state index >= 15 is 0 Å². The van der Waals surface area contributed by atoms with Crippen LogP contribution in [-0.4, -0.2) is 37.6 Å². The van der Waals surface area contributed by atoms with Crippen molar-refractivity contribution < 1.29 is 0 Å². The second kappa shape index (κ2) is 6.38. The molecule has 106 valence electrons. The van der Waals surface area contributed by atoms with E-state index in [0.29, 0.717) is 5.41 Å². The summed E-state index contributed by atoms with van der Waals surface area (Å²) in [6.07, 6.45) is 10.1. The standard InChI is InChI=1S/C16H32N2/c1-14(2)11-18(3)13-16(9-5-4-6-10-16)12-17-15-7-8-15/h14-15,17H,4-13H2,1-3H3. The molecule has 0 aromatic rings. The van der Waals surface area contributed by atoms with Crippen molar-refractivity contribution in [2.75, 3.05) is 26.7 Å². The second-order valence-corrected chi connectivity index (χ2v) is 7.31. The number of hydrogen-bond donors (Lipinski definition) is 1. The first-order valence-corrected chi connectivity index (χ1v) is 8.02. The van der Waals surface area contributed by atoms with Crippen LogP contribution in [0, 0.1) is 11.3 Å². The fourth-order valence-electron chi connectivity index (χ4n) is 3.60. The normalized spacial score (nSPS) is 23.8. The number of nitrogens with zero attached hydrogens (tertiary/aromatic N) is 1. The summed E-state index contributed by atoms with van der Waals surface area (Å²) in [7, 11) is 2.31. The van der Waals surface area contributed by atoms with E-state index in [1.807, 2.05) is 0 Å². The average Bonchev–Trinajstić information content (AvgIpc) is 3.10. The van der Waals surface area contributed by atoms with E-state index in [4.69, 9.17) is 0 Å². The van der Waals surface area contributed by atoms with E-state index in [0.717, 1.165) is 12.0 Å². The zero-order valence-corrected chi connectivity index (χ0v) is 12.7. The zero-order valence-electron chi connectivity index (χ0n) is 12.7. The van der Waals surface area contributed by atoms with Crippen LogP contribution in [0.25, 0.3) is 0 Å². The summed E-state index contributed by atoms with van der Waals surface area (Å²) in [5, 5.41) is 3.80. The lowest BCUT2D eigenvalue weighted by Gasteiger charge is -2.41. The van der Waals surface area contributed by atoms with Gasteiger partial charge in [0, 0.05) is 25.7 Å². The molecule has 1 N–H and O–H groups in total. The second-order valence-electron chi connectivity index (χ2n) is 7.31. The summed E-state index contributed by atoms with van der Waals surface area (Å²) in [5.41, 5.74) is 0.574. The van der Waals surface area contributed by atoms with Gasteiger partial charge in [0.25, 0.3) is 0 Å². The largest absolute Gasteiger partial charge is 0.313 e. The van der Waals surface area contributed by atoms with Crippen LogP contribution in [0.1, 0.15) is 58.8 Å². The molecule has 0 amide bonds. The van der Waals surface area contributed by atoms with Gasteiger partial charge in [0.2, 0.25) is 0 Å². The zero-order chi connectivity index (χ0) is 13.0. The van der Waals surface area contributed by atoms with Crippen LogP contribution in [0.4, 0.5) is 0 Å². The maximum Gasteiger partial charge on any atom is 0.00684 e. The van der Waals surface area contributed by atoms with Gasteiger partial charge in [0.1, 0.15) is 0 Å². The summed E-state index contributed by atoms with van der Waals surface area (Å²) in [5.74, 6) is 0.784. The van der Waals surface area contributed by atoms with E-state index in [2.05, 4.69) is 31.1 Å². The van der Waals surface area contributed by atoms with Crippen molar-refractivity contribution in [1.29, 1.82) is 0 Å². The van der Waals surface area contributed by atoms with Crippen LogP contribution in [-0.2, 0) is 0 Å². The van der Waals surface area contributed by atoms with Gasteiger partial charge < -0.3 is 10.2 Å². The van der Waals surface area contributed by atoms with Gasteiger partial charge in [0.15, 0.2) is 0 Å². The Morgan fingerprint density at radius 2 is 1.83 bits per heavy atom. The van der Waals surface area contributed by atoms with Crippen molar-refractivity contribution in [3.8, 4) is 0 Å². The minimum Gasteiger partial charge on any atom is -0.313 e. The Morgan fingerprint density at radius 3 is 2.39 bits per heavy atom. The molecule has 0 aliphatic heterocycles. The third-order valence-electron chi connectivity index (χ3n) is 4.54. The molecule has 2 rings (SSSR count). The third-order valence-corrected chi connectivity index (χ3v) is 4.54. The Hall–Kier alpha value is -0.0800. The highest BCUT2D eigenvalue weighted by Crippen LogP contribution is 2.37. The van der Waals surface area contributed by atoms with Gasteiger partial charge in [0.05, 0.1) is 0 Å². The number of nitrogens with one attached hydrogen (secondary N) is 1. The molecule has 2 nitrogen and oxygen atoms in total. The van der Waals surface area contributed by atoms with Gasteiger partial charge >= 0.3 is 0 Å². The summed E-state index contributed by atoms with van der Waals surface area (Å²) in [6, 6.07) is 0.860. The van der Waals surface area contributed by atoms with Gasteiger partial charge in [-0.25, -0.2) is 0 Å². The SMILES string of the molecule is CC(C)CN(C)CC1(CNC2CC2)CCCCC1. The van der Waals surface area contributed by atoms with Crippen LogP contribution < -0.4 is 5.32 Å². The molecule has 2 heteroatoms. The summed E-state index contributed by atoms with van der Waals surface area (Å²) >= 11 is 0. The topological polar surface area (TPSA) is 15.3 Å². The first kappa shape index (κ1) is 14.3. The summed E-state index contributed by atoms with van der Waals surface area (Å²) in [6.45, 7) is 8.45. The fourth-order valence-corrected chi connectivity index (χ4v) is 3.60. The van der Waals surface area contributed by atoms with Crippen LogP contribution in [0.5, 0.6) is 0 Å². The Balaban J connectivity index is 1.85. The van der Waals surface area contributed by atoms with Crippen molar-refractivity contribution >= 4 is 0 Å². The van der Waals surface area contributed by atoms with Crippen LogP contribution in [0.2, 0.25) is 0 Å². The molecule has 0 unspecified atom stereocenters. The van der Waals surface area contributed by atoms with Gasteiger partial charge in [-0.3, -0.25) is 0 Å². The maximum atomic E-state index is 3.80. The molecule has 0 spiro atoms. The van der Waals surface area contributed by atoms with E-state index in [1.54, 1.807) is 0 Å². The number of rotatable bonds is 7.